The van der Waals surface area contributed by atoms with Crippen LogP contribution in [0, 0.1) is 5.82 Å². The Bertz CT molecular complexity index is 629. The van der Waals surface area contributed by atoms with E-state index in [1.165, 1.54) is 0 Å². The Morgan fingerprint density at radius 1 is 1.20 bits per heavy atom. The zero-order chi connectivity index (χ0) is 14.5. The maximum Gasteiger partial charge on any atom is 0.255 e. The number of phenolic OH excluding ortho intramolecular Hbond substituents is 1. The van der Waals surface area contributed by atoms with Crippen molar-refractivity contribution in [2.24, 2.45) is 5.73 Å². The molecule has 0 unspecified atom stereocenters. The van der Waals surface area contributed by atoms with Crippen molar-refractivity contribution in [1.82, 2.24) is 5.32 Å². The van der Waals surface area contributed by atoms with Crippen LogP contribution in [0.2, 0.25) is 0 Å². The standard InChI is InChI=1S/C15H15FN2O2/c16-12-4-5-14(19)13(7-12)15(20)18-9-11-3-1-2-10(6-11)8-17/h1-7,19H,8-9,17H2,(H,18,20). The van der Waals surface area contributed by atoms with Crippen LogP contribution < -0.4 is 11.1 Å². The largest absolute Gasteiger partial charge is 0.507 e. The first kappa shape index (κ1) is 14.0. The number of hydrogen-bond acceptors (Lipinski definition) is 3. The molecule has 4 N–H and O–H groups in total. The van der Waals surface area contributed by atoms with Gasteiger partial charge in [0.25, 0.3) is 5.91 Å². The molecular formula is C15H15FN2O2. The molecule has 4 nitrogen and oxygen atoms in total. The van der Waals surface area contributed by atoms with E-state index >= 15 is 0 Å². The molecule has 0 atom stereocenters. The van der Waals surface area contributed by atoms with E-state index in [4.69, 9.17) is 5.73 Å². The minimum Gasteiger partial charge on any atom is -0.507 e. The Morgan fingerprint density at radius 2 is 1.95 bits per heavy atom. The fraction of sp³-hybridized carbons (Fsp3) is 0.133. The number of hydrogen-bond donors (Lipinski definition) is 3. The fourth-order valence-electron chi connectivity index (χ4n) is 1.83. The van der Waals surface area contributed by atoms with Crippen molar-refractivity contribution in [1.29, 1.82) is 0 Å². The van der Waals surface area contributed by atoms with Gasteiger partial charge in [-0.05, 0) is 29.3 Å². The molecule has 20 heavy (non-hydrogen) atoms. The number of halogens is 1. The summed E-state index contributed by atoms with van der Waals surface area (Å²) in [7, 11) is 0. The molecular weight excluding hydrogens is 259 g/mol. The molecule has 2 aromatic rings. The van der Waals surface area contributed by atoms with Crippen LogP contribution in [0.3, 0.4) is 0 Å². The van der Waals surface area contributed by atoms with Gasteiger partial charge in [-0.15, -0.1) is 0 Å². The first-order chi connectivity index (χ1) is 9.60. The smallest absolute Gasteiger partial charge is 0.255 e. The number of carbonyl (C=O) groups is 1. The molecule has 0 fully saturated rings. The van der Waals surface area contributed by atoms with Crippen LogP contribution >= 0.6 is 0 Å². The number of nitrogens with one attached hydrogen (secondary N) is 1. The van der Waals surface area contributed by atoms with E-state index in [0.717, 1.165) is 29.3 Å². The Morgan fingerprint density at radius 3 is 2.70 bits per heavy atom. The van der Waals surface area contributed by atoms with Gasteiger partial charge in [0.05, 0.1) is 5.56 Å². The van der Waals surface area contributed by atoms with Crippen molar-refractivity contribution in [3.8, 4) is 5.75 Å². The lowest BCUT2D eigenvalue weighted by molar-refractivity contribution is 0.0947. The fourth-order valence-corrected chi connectivity index (χ4v) is 1.83. The normalized spacial score (nSPS) is 10.3. The predicted molar refractivity (Wildman–Crippen MR) is 73.6 cm³/mol. The SMILES string of the molecule is NCc1cccc(CNC(=O)c2cc(F)ccc2O)c1. The number of amides is 1. The summed E-state index contributed by atoms with van der Waals surface area (Å²) in [6.07, 6.45) is 0. The number of nitrogens with two attached hydrogens (primary N) is 1. The highest BCUT2D eigenvalue weighted by Gasteiger charge is 2.11. The minimum absolute atomic E-state index is 0.0834. The van der Waals surface area contributed by atoms with Crippen molar-refractivity contribution in [2.75, 3.05) is 0 Å². The molecule has 0 heterocycles. The van der Waals surface area contributed by atoms with E-state index < -0.39 is 11.7 Å². The average Bonchev–Trinajstić information content (AvgIpc) is 2.47. The summed E-state index contributed by atoms with van der Waals surface area (Å²) in [5, 5.41) is 12.2. The molecule has 0 aromatic heterocycles. The van der Waals surface area contributed by atoms with Crippen LogP contribution in [-0.4, -0.2) is 11.0 Å². The lowest BCUT2D eigenvalue weighted by Crippen LogP contribution is -2.23. The molecule has 0 aliphatic carbocycles. The van der Waals surface area contributed by atoms with Gasteiger partial charge in [0.15, 0.2) is 0 Å². The number of carbonyl (C=O) groups excluding carboxylic acids is 1. The first-order valence-corrected chi connectivity index (χ1v) is 6.15. The molecule has 1 amide bonds. The zero-order valence-corrected chi connectivity index (χ0v) is 10.8. The topological polar surface area (TPSA) is 75.3 Å². The van der Waals surface area contributed by atoms with Crippen LogP contribution in [0.15, 0.2) is 42.5 Å². The van der Waals surface area contributed by atoms with Crippen molar-refractivity contribution < 1.29 is 14.3 Å². The molecule has 104 valence electrons. The summed E-state index contributed by atoms with van der Waals surface area (Å²) < 4.78 is 13.1. The number of benzene rings is 2. The Kier molecular flexibility index (Phi) is 4.32. The summed E-state index contributed by atoms with van der Waals surface area (Å²) >= 11 is 0. The van der Waals surface area contributed by atoms with E-state index in [1.807, 2.05) is 24.3 Å². The van der Waals surface area contributed by atoms with Gasteiger partial charge in [0, 0.05) is 13.1 Å². The molecule has 2 aromatic carbocycles. The monoisotopic (exact) mass is 274 g/mol. The molecule has 0 spiro atoms. The second-order valence-electron chi connectivity index (χ2n) is 4.37. The van der Waals surface area contributed by atoms with Gasteiger partial charge in [-0.3, -0.25) is 4.79 Å². The third kappa shape index (κ3) is 3.33. The number of phenols is 1. The van der Waals surface area contributed by atoms with Gasteiger partial charge in [0.1, 0.15) is 11.6 Å². The second-order valence-corrected chi connectivity index (χ2v) is 4.37. The number of rotatable bonds is 4. The van der Waals surface area contributed by atoms with Crippen molar-refractivity contribution >= 4 is 5.91 Å². The highest BCUT2D eigenvalue weighted by molar-refractivity contribution is 5.96. The summed E-state index contributed by atoms with van der Waals surface area (Å²) in [5.74, 6) is -1.35. The summed E-state index contributed by atoms with van der Waals surface area (Å²) in [4.78, 5) is 11.9. The Hall–Kier alpha value is -2.40. The van der Waals surface area contributed by atoms with Crippen LogP contribution in [0.25, 0.3) is 0 Å². The molecule has 0 aliphatic rings. The van der Waals surface area contributed by atoms with Gasteiger partial charge < -0.3 is 16.2 Å². The van der Waals surface area contributed by atoms with Crippen LogP contribution in [0.4, 0.5) is 4.39 Å². The Balaban J connectivity index is 2.06. The lowest BCUT2D eigenvalue weighted by atomic mass is 10.1. The maximum absolute atomic E-state index is 13.1. The first-order valence-electron chi connectivity index (χ1n) is 6.15. The van der Waals surface area contributed by atoms with Crippen molar-refractivity contribution in [2.45, 2.75) is 13.1 Å². The average molecular weight is 274 g/mol. The van der Waals surface area contributed by atoms with E-state index in [1.54, 1.807) is 0 Å². The quantitative estimate of drug-likeness (QED) is 0.797. The predicted octanol–water partition coefficient (Wildman–Crippen LogP) is 1.92. The van der Waals surface area contributed by atoms with Gasteiger partial charge in [-0.25, -0.2) is 4.39 Å². The molecule has 0 aliphatic heterocycles. The van der Waals surface area contributed by atoms with Crippen LogP contribution in [0.1, 0.15) is 21.5 Å². The Labute approximate surface area is 116 Å². The second kappa shape index (κ2) is 6.16. The lowest BCUT2D eigenvalue weighted by Gasteiger charge is -2.08. The third-order valence-electron chi connectivity index (χ3n) is 2.88. The highest BCUT2D eigenvalue weighted by atomic mass is 19.1. The molecule has 0 saturated carbocycles. The number of aromatic hydroxyl groups is 1. The van der Waals surface area contributed by atoms with Crippen molar-refractivity contribution in [3.63, 3.8) is 0 Å². The highest BCUT2D eigenvalue weighted by Crippen LogP contribution is 2.17. The minimum atomic E-state index is -0.571. The van der Waals surface area contributed by atoms with Crippen LogP contribution in [-0.2, 0) is 13.1 Å². The molecule has 0 radical (unpaired) electrons. The molecule has 0 saturated heterocycles. The van der Waals surface area contributed by atoms with E-state index in [9.17, 15) is 14.3 Å². The van der Waals surface area contributed by atoms with Gasteiger partial charge >= 0.3 is 0 Å². The van der Waals surface area contributed by atoms with E-state index in [0.29, 0.717) is 6.54 Å². The van der Waals surface area contributed by atoms with Gasteiger partial charge in [0.2, 0.25) is 0 Å². The summed E-state index contributed by atoms with van der Waals surface area (Å²) in [5.41, 5.74) is 7.31. The van der Waals surface area contributed by atoms with Gasteiger partial charge in [-0.1, -0.05) is 24.3 Å². The van der Waals surface area contributed by atoms with E-state index in [-0.39, 0.29) is 17.9 Å². The molecule has 0 bridgehead atoms. The van der Waals surface area contributed by atoms with Crippen LogP contribution in [0.5, 0.6) is 5.75 Å². The molecule has 5 heteroatoms. The summed E-state index contributed by atoms with van der Waals surface area (Å²) in [6, 6.07) is 10.7. The van der Waals surface area contributed by atoms with Crippen molar-refractivity contribution in [3.05, 3.63) is 65.0 Å². The van der Waals surface area contributed by atoms with Gasteiger partial charge in [-0.2, -0.15) is 0 Å². The maximum atomic E-state index is 13.1. The zero-order valence-electron chi connectivity index (χ0n) is 10.8. The summed E-state index contributed by atoms with van der Waals surface area (Å²) in [6.45, 7) is 0.703. The molecule has 2 rings (SSSR count). The third-order valence-corrected chi connectivity index (χ3v) is 2.88. The van der Waals surface area contributed by atoms with E-state index in [2.05, 4.69) is 5.32 Å².